The molecule has 0 radical (unpaired) electrons. The zero-order chi connectivity index (χ0) is 20.3. The Hall–Kier alpha value is -2.94. The Kier molecular flexibility index (Phi) is 5.64. The maximum atomic E-state index is 13.0. The van der Waals surface area contributed by atoms with Crippen molar-refractivity contribution in [2.24, 2.45) is 5.10 Å². The quantitative estimate of drug-likeness (QED) is 0.551. The summed E-state index contributed by atoms with van der Waals surface area (Å²) in [6, 6.07) is 9.00. The van der Waals surface area contributed by atoms with Gasteiger partial charge in [0.15, 0.2) is 0 Å². The second-order valence-corrected chi connectivity index (χ2v) is 8.51. The lowest BCUT2D eigenvalue weighted by Crippen LogP contribution is -2.16. The van der Waals surface area contributed by atoms with Crippen LogP contribution in [0.25, 0.3) is 0 Å². The van der Waals surface area contributed by atoms with Gasteiger partial charge in [0.25, 0.3) is 15.7 Å². The molecule has 1 fully saturated rings. The van der Waals surface area contributed by atoms with E-state index in [4.69, 9.17) is 0 Å². The number of aryl methyl sites for hydroxylation is 2. The molecule has 2 aromatic carbocycles. The molecule has 0 bridgehead atoms. The lowest BCUT2D eigenvalue weighted by Gasteiger charge is -2.14. The number of sulfonamides is 1. The summed E-state index contributed by atoms with van der Waals surface area (Å²) >= 11 is 0. The number of anilines is 2. The normalized spacial score (nSPS) is 14.0. The van der Waals surface area contributed by atoms with Gasteiger partial charge in [0, 0.05) is 17.8 Å². The second kappa shape index (κ2) is 7.97. The summed E-state index contributed by atoms with van der Waals surface area (Å²) in [6.45, 7) is 3.71. The molecule has 3 rings (SSSR count). The lowest BCUT2D eigenvalue weighted by molar-refractivity contribution is -0.385. The third-order valence-electron chi connectivity index (χ3n) is 4.61. The van der Waals surface area contributed by atoms with Crippen LogP contribution in [0.15, 0.2) is 46.4 Å². The van der Waals surface area contributed by atoms with Crippen LogP contribution < -0.4 is 10.1 Å². The number of benzene rings is 2. The van der Waals surface area contributed by atoms with E-state index >= 15 is 0 Å². The molecule has 0 aliphatic heterocycles. The van der Waals surface area contributed by atoms with Crippen LogP contribution in [-0.4, -0.2) is 19.1 Å². The van der Waals surface area contributed by atoms with Crippen molar-refractivity contribution in [3.8, 4) is 0 Å². The third kappa shape index (κ3) is 4.48. The van der Waals surface area contributed by atoms with Crippen molar-refractivity contribution in [3.05, 3.63) is 57.6 Å². The average molecular weight is 402 g/mol. The minimum Gasteiger partial charge on any atom is -0.279 e. The number of rotatable bonds is 6. The first-order valence-electron chi connectivity index (χ1n) is 8.96. The van der Waals surface area contributed by atoms with Crippen LogP contribution in [0.5, 0.6) is 0 Å². The van der Waals surface area contributed by atoms with Gasteiger partial charge in [0.05, 0.1) is 16.3 Å². The van der Waals surface area contributed by atoms with Crippen molar-refractivity contribution in [3.63, 3.8) is 0 Å². The fourth-order valence-corrected chi connectivity index (χ4v) is 4.41. The topological polar surface area (TPSA) is 114 Å². The van der Waals surface area contributed by atoms with Gasteiger partial charge in [-0.05, 0) is 57.2 Å². The van der Waals surface area contributed by atoms with E-state index < -0.39 is 14.9 Å². The molecule has 0 spiro atoms. The first-order valence-corrected chi connectivity index (χ1v) is 10.4. The maximum absolute atomic E-state index is 13.0. The number of non-ortho nitro benzene ring substituents is 1. The van der Waals surface area contributed by atoms with E-state index in [1.807, 2.05) is 13.0 Å². The molecule has 0 heterocycles. The molecule has 2 N–H and O–H groups in total. The lowest BCUT2D eigenvalue weighted by atomic mass is 10.1. The van der Waals surface area contributed by atoms with E-state index in [2.05, 4.69) is 15.2 Å². The fourth-order valence-electron chi connectivity index (χ4n) is 3.10. The van der Waals surface area contributed by atoms with Gasteiger partial charge >= 0.3 is 0 Å². The zero-order valence-electron chi connectivity index (χ0n) is 15.7. The number of hydrazone groups is 1. The van der Waals surface area contributed by atoms with Gasteiger partial charge in [0.1, 0.15) is 4.90 Å². The molecular weight excluding hydrogens is 380 g/mol. The largest absolute Gasteiger partial charge is 0.279 e. The van der Waals surface area contributed by atoms with Gasteiger partial charge in [-0.15, -0.1) is 0 Å². The van der Waals surface area contributed by atoms with Crippen LogP contribution in [0.1, 0.15) is 36.8 Å². The van der Waals surface area contributed by atoms with Crippen molar-refractivity contribution in [1.82, 2.24) is 0 Å². The maximum Gasteiger partial charge on any atom is 0.270 e. The number of hydrogen-bond acceptors (Lipinski definition) is 6. The molecule has 8 nitrogen and oxygen atoms in total. The standard InChI is InChI=1S/C19H22N4O4S/c1-13-7-9-17(14(2)11-13)22-28(26,27)19-12-16(23(24)25)8-10-18(19)21-20-15-5-3-4-6-15/h7-12,21-22H,3-6H2,1-2H3. The highest BCUT2D eigenvalue weighted by molar-refractivity contribution is 7.92. The number of hydrogen-bond donors (Lipinski definition) is 2. The Morgan fingerprint density at radius 2 is 1.71 bits per heavy atom. The highest BCUT2D eigenvalue weighted by Gasteiger charge is 2.23. The first kappa shape index (κ1) is 19.8. The zero-order valence-corrected chi connectivity index (χ0v) is 16.5. The molecule has 1 aliphatic carbocycles. The van der Waals surface area contributed by atoms with Crippen molar-refractivity contribution in [1.29, 1.82) is 0 Å². The number of nitrogens with zero attached hydrogens (tertiary/aromatic N) is 2. The molecule has 0 unspecified atom stereocenters. The molecule has 1 saturated carbocycles. The van der Waals surface area contributed by atoms with Crippen molar-refractivity contribution >= 4 is 32.8 Å². The number of nitro groups is 1. The van der Waals surface area contributed by atoms with Crippen molar-refractivity contribution < 1.29 is 13.3 Å². The van der Waals surface area contributed by atoms with E-state index in [-0.39, 0.29) is 16.3 Å². The summed E-state index contributed by atoms with van der Waals surface area (Å²) in [5.41, 5.74) is 5.82. The molecule has 0 aromatic heterocycles. The van der Waals surface area contributed by atoms with Crippen molar-refractivity contribution in [2.75, 3.05) is 10.1 Å². The van der Waals surface area contributed by atoms with Gasteiger partial charge in [-0.1, -0.05) is 17.7 Å². The molecule has 9 heteroatoms. The minimum absolute atomic E-state index is 0.197. The monoisotopic (exact) mass is 402 g/mol. The molecular formula is C19H22N4O4S. The average Bonchev–Trinajstić information content (AvgIpc) is 3.15. The minimum atomic E-state index is -4.07. The Morgan fingerprint density at radius 1 is 1.04 bits per heavy atom. The summed E-state index contributed by atoms with van der Waals surface area (Å²) in [5, 5.41) is 15.4. The van der Waals surface area contributed by atoms with Crippen LogP contribution in [0, 0.1) is 24.0 Å². The molecule has 0 saturated heterocycles. The molecule has 1 aliphatic rings. The summed E-state index contributed by atoms with van der Waals surface area (Å²) in [7, 11) is -4.07. The van der Waals surface area contributed by atoms with E-state index in [1.54, 1.807) is 19.1 Å². The predicted octanol–water partition coefficient (Wildman–Crippen LogP) is 4.35. The van der Waals surface area contributed by atoms with Crippen molar-refractivity contribution in [2.45, 2.75) is 44.4 Å². The van der Waals surface area contributed by atoms with Gasteiger partial charge in [0.2, 0.25) is 0 Å². The molecule has 148 valence electrons. The van der Waals surface area contributed by atoms with Crippen LogP contribution in [0.2, 0.25) is 0 Å². The van der Waals surface area contributed by atoms with Gasteiger partial charge < -0.3 is 0 Å². The summed E-state index contributed by atoms with van der Waals surface area (Å²) < 4.78 is 28.5. The van der Waals surface area contributed by atoms with Crippen LogP contribution in [-0.2, 0) is 10.0 Å². The molecule has 0 amide bonds. The first-order chi connectivity index (χ1) is 13.3. The third-order valence-corrected chi connectivity index (χ3v) is 6.01. The van der Waals surface area contributed by atoms with Crippen LogP contribution in [0.3, 0.4) is 0 Å². The Morgan fingerprint density at radius 3 is 2.36 bits per heavy atom. The predicted molar refractivity (Wildman–Crippen MR) is 109 cm³/mol. The summed E-state index contributed by atoms with van der Waals surface area (Å²) in [5.74, 6) is 0. The van der Waals surface area contributed by atoms with E-state index in [0.717, 1.165) is 48.6 Å². The summed E-state index contributed by atoms with van der Waals surface area (Å²) in [4.78, 5) is 10.3. The highest BCUT2D eigenvalue weighted by Crippen LogP contribution is 2.29. The van der Waals surface area contributed by atoms with Crippen LogP contribution >= 0.6 is 0 Å². The fraction of sp³-hybridized carbons (Fsp3) is 0.316. The number of nitro benzene ring substituents is 1. The Labute approximate surface area is 163 Å². The van der Waals surface area contributed by atoms with E-state index in [1.165, 1.54) is 12.1 Å². The van der Waals surface area contributed by atoms with Crippen LogP contribution in [0.4, 0.5) is 17.1 Å². The second-order valence-electron chi connectivity index (χ2n) is 6.86. The van der Waals surface area contributed by atoms with E-state index in [9.17, 15) is 18.5 Å². The Balaban J connectivity index is 1.99. The van der Waals surface area contributed by atoms with Gasteiger partial charge in [-0.3, -0.25) is 20.3 Å². The van der Waals surface area contributed by atoms with E-state index in [0.29, 0.717) is 5.69 Å². The Bertz CT molecular complexity index is 1040. The highest BCUT2D eigenvalue weighted by atomic mass is 32.2. The summed E-state index contributed by atoms with van der Waals surface area (Å²) in [6.07, 6.45) is 3.84. The molecule has 0 atom stereocenters. The molecule has 28 heavy (non-hydrogen) atoms. The van der Waals surface area contributed by atoms with Gasteiger partial charge in [-0.25, -0.2) is 8.42 Å². The number of nitrogens with one attached hydrogen (secondary N) is 2. The smallest absolute Gasteiger partial charge is 0.270 e. The molecule has 2 aromatic rings. The SMILES string of the molecule is Cc1ccc(NS(=O)(=O)c2cc([N+](=O)[O-])ccc2NN=C2CCCC2)c(C)c1. The van der Waals surface area contributed by atoms with Gasteiger partial charge in [-0.2, -0.15) is 5.10 Å².